The van der Waals surface area contributed by atoms with Gasteiger partial charge in [-0.2, -0.15) is 0 Å². The van der Waals surface area contributed by atoms with Crippen molar-refractivity contribution < 1.29 is 0 Å². The maximum atomic E-state index is 5.63. The van der Waals surface area contributed by atoms with E-state index in [1.54, 1.807) is 0 Å². The quantitative estimate of drug-likeness (QED) is 0.671. The Balaban J connectivity index is 2.72. The molecule has 1 aliphatic rings. The van der Waals surface area contributed by atoms with Crippen molar-refractivity contribution in [1.82, 2.24) is 4.90 Å². The van der Waals surface area contributed by atoms with E-state index < -0.39 is 0 Å². The normalized spacial score (nSPS) is 26.8. The molecule has 0 bridgehead atoms. The molecule has 68 valence electrons. The molecule has 0 aliphatic carbocycles. The molecule has 1 fully saturated rings. The van der Waals surface area contributed by atoms with Crippen molar-refractivity contribution in [1.29, 1.82) is 0 Å². The molecule has 1 saturated heterocycles. The number of nitrogens with two attached hydrogens (primary N) is 1. The highest BCUT2D eigenvalue weighted by atomic mass is 15.2. The van der Waals surface area contributed by atoms with E-state index in [1.165, 1.54) is 5.57 Å². The van der Waals surface area contributed by atoms with E-state index in [1.807, 2.05) is 7.05 Å². The van der Waals surface area contributed by atoms with Gasteiger partial charge in [0.15, 0.2) is 0 Å². The number of hydrogen-bond acceptors (Lipinski definition) is 2. The maximum Gasteiger partial charge on any atom is 0.0678 e. The largest absolute Gasteiger partial charge is 0.366 e. The minimum atomic E-state index is 0.403. The summed E-state index contributed by atoms with van der Waals surface area (Å²) in [4.78, 5) is 2.13. The van der Waals surface area contributed by atoms with Crippen molar-refractivity contribution in [2.75, 3.05) is 13.6 Å². The molecule has 12 heavy (non-hydrogen) atoms. The Labute approximate surface area is 74.7 Å². The van der Waals surface area contributed by atoms with Crippen LogP contribution in [0.2, 0.25) is 0 Å². The molecule has 1 heterocycles. The van der Waals surface area contributed by atoms with E-state index in [0.29, 0.717) is 18.5 Å². The lowest BCUT2D eigenvalue weighted by molar-refractivity contribution is 0.278. The van der Waals surface area contributed by atoms with E-state index in [0.717, 1.165) is 5.70 Å². The Morgan fingerprint density at radius 3 is 2.67 bits per heavy atom. The molecule has 1 unspecified atom stereocenters. The highest BCUT2D eigenvalue weighted by Crippen LogP contribution is 2.32. The first-order valence-electron chi connectivity index (χ1n) is 4.41. The van der Waals surface area contributed by atoms with Gasteiger partial charge in [-0.3, -0.25) is 0 Å². The van der Waals surface area contributed by atoms with Crippen LogP contribution >= 0.6 is 0 Å². The molecule has 0 aromatic rings. The van der Waals surface area contributed by atoms with Crippen molar-refractivity contribution in [3.8, 4) is 0 Å². The summed E-state index contributed by atoms with van der Waals surface area (Å²) in [5.41, 5.74) is 8.08. The van der Waals surface area contributed by atoms with E-state index in [9.17, 15) is 0 Å². The molecule has 0 aromatic carbocycles. The first kappa shape index (κ1) is 9.33. The zero-order valence-electron chi connectivity index (χ0n) is 8.17. The van der Waals surface area contributed by atoms with Crippen molar-refractivity contribution in [2.45, 2.75) is 19.9 Å². The fraction of sp³-hybridized carbons (Fsp3) is 0.600. The van der Waals surface area contributed by atoms with Crippen LogP contribution in [-0.2, 0) is 0 Å². The highest BCUT2D eigenvalue weighted by molar-refractivity contribution is 5.42. The van der Waals surface area contributed by atoms with Gasteiger partial charge in [0.2, 0.25) is 0 Å². The van der Waals surface area contributed by atoms with E-state index in [2.05, 4.69) is 31.4 Å². The number of allylic oxidation sites excluding steroid dienone is 1. The predicted molar refractivity (Wildman–Crippen MR) is 52.7 cm³/mol. The van der Waals surface area contributed by atoms with Gasteiger partial charge < -0.3 is 10.6 Å². The van der Waals surface area contributed by atoms with E-state index >= 15 is 0 Å². The molecule has 2 N–H and O–H groups in total. The first-order valence-corrected chi connectivity index (χ1v) is 4.41. The van der Waals surface area contributed by atoms with Crippen LogP contribution in [0.4, 0.5) is 0 Å². The number of hydrogen-bond donors (Lipinski definition) is 1. The van der Waals surface area contributed by atoms with Gasteiger partial charge in [0.25, 0.3) is 0 Å². The van der Waals surface area contributed by atoms with Crippen molar-refractivity contribution in [3.05, 3.63) is 23.9 Å². The minimum absolute atomic E-state index is 0.403. The van der Waals surface area contributed by atoms with Gasteiger partial charge in [0, 0.05) is 19.3 Å². The summed E-state index contributed by atoms with van der Waals surface area (Å²) in [6.45, 7) is 9.01. The summed E-state index contributed by atoms with van der Waals surface area (Å²) in [6.07, 6.45) is 2.25. The lowest BCUT2D eigenvalue weighted by atomic mass is 9.90. The van der Waals surface area contributed by atoms with E-state index in [-0.39, 0.29) is 0 Å². The molecule has 0 radical (unpaired) electrons. The summed E-state index contributed by atoms with van der Waals surface area (Å²) >= 11 is 0. The lowest BCUT2D eigenvalue weighted by Crippen LogP contribution is -2.49. The first-order chi connectivity index (χ1) is 5.57. The maximum absolute atomic E-state index is 5.63. The topological polar surface area (TPSA) is 29.3 Å². The Morgan fingerprint density at radius 2 is 2.25 bits per heavy atom. The van der Waals surface area contributed by atoms with Crippen LogP contribution in [0, 0.1) is 5.92 Å². The van der Waals surface area contributed by atoms with Crippen LogP contribution in [0.1, 0.15) is 13.8 Å². The second-order valence-corrected chi connectivity index (χ2v) is 3.68. The summed E-state index contributed by atoms with van der Waals surface area (Å²) in [6, 6.07) is 0.403. The number of likely N-dealkylation sites (tertiary alicyclic amines) is 1. The van der Waals surface area contributed by atoms with Gasteiger partial charge >= 0.3 is 0 Å². The molecule has 2 heteroatoms. The van der Waals surface area contributed by atoms with Gasteiger partial charge in [-0.05, 0) is 11.5 Å². The summed E-state index contributed by atoms with van der Waals surface area (Å²) in [5.74, 6) is 0.583. The molecule has 0 spiro atoms. The number of nitrogens with zero attached hydrogens (tertiary/aromatic N) is 1. The zero-order valence-corrected chi connectivity index (χ0v) is 8.17. The Morgan fingerprint density at radius 1 is 1.67 bits per heavy atom. The lowest BCUT2D eigenvalue weighted by Gasteiger charge is -2.44. The van der Waals surface area contributed by atoms with Crippen LogP contribution in [-0.4, -0.2) is 24.5 Å². The van der Waals surface area contributed by atoms with Crippen molar-refractivity contribution in [3.63, 3.8) is 0 Å². The Bertz CT molecular complexity index is 216. The number of rotatable bonds is 2. The van der Waals surface area contributed by atoms with Gasteiger partial charge in [0.05, 0.1) is 6.04 Å². The second-order valence-electron chi connectivity index (χ2n) is 3.68. The molecule has 0 amide bonds. The van der Waals surface area contributed by atoms with Gasteiger partial charge in [0.1, 0.15) is 0 Å². The van der Waals surface area contributed by atoms with Crippen LogP contribution in [0.25, 0.3) is 0 Å². The van der Waals surface area contributed by atoms with Crippen LogP contribution in [0.15, 0.2) is 23.9 Å². The number of likely N-dealkylation sites (N-methyl/N-ethyl adjacent to an activating group) is 1. The predicted octanol–water partition coefficient (Wildman–Crippen LogP) is 1.36. The second kappa shape index (κ2) is 3.31. The molecule has 0 saturated carbocycles. The minimum Gasteiger partial charge on any atom is -0.366 e. The third-order valence-corrected chi connectivity index (χ3v) is 2.32. The molecule has 1 aliphatic heterocycles. The standard InChI is InChI=1S/C10H18N2/c1-7(2)5-9-8(3)12(4)10(9)6-11/h5,7,10H,3,6,11H2,1-2,4H3/b9-5+. The summed E-state index contributed by atoms with van der Waals surface area (Å²) < 4.78 is 0. The summed E-state index contributed by atoms with van der Waals surface area (Å²) in [5, 5.41) is 0. The molecule has 0 aromatic heterocycles. The molecular weight excluding hydrogens is 148 g/mol. The van der Waals surface area contributed by atoms with E-state index in [4.69, 9.17) is 5.73 Å². The third kappa shape index (κ3) is 1.39. The van der Waals surface area contributed by atoms with Crippen LogP contribution < -0.4 is 5.73 Å². The third-order valence-electron chi connectivity index (χ3n) is 2.32. The molecular formula is C10H18N2. The van der Waals surface area contributed by atoms with Crippen LogP contribution in [0.5, 0.6) is 0 Å². The average Bonchev–Trinajstić information content (AvgIpc) is 2.03. The highest BCUT2D eigenvalue weighted by Gasteiger charge is 2.32. The van der Waals surface area contributed by atoms with Crippen molar-refractivity contribution >= 4 is 0 Å². The Kier molecular flexibility index (Phi) is 2.58. The average molecular weight is 166 g/mol. The fourth-order valence-corrected chi connectivity index (χ4v) is 1.58. The summed E-state index contributed by atoms with van der Waals surface area (Å²) in [7, 11) is 2.04. The van der Waals surface area contributed by atoms with Gasteiger partial charge in [-0.25, -0.2) is 0 Å². The van der Waals surface area contributed by atoms with Crippen molar-refractivity contribution in [2.24, 2.45) is 11.7 Å². The van der Waals surface area contributed by atoms with Crippen LogP contribution in [0.3, 0.4) is 0 Å². The monoisotopic (exact) mass is 166 g/mol. The molecule has 1 rings (SSSR count). The SMILES string of the molecule is C=C1/C(=C\C(C)C)C(CN)N1C. The smallest absolute Gasteiger partial charge is 0.0678 e. The molecule has 2 nitrogen and oxygen atoms in total. The zero-order chi connectivity index (χ0) is 9.30. The molecule has 1 atom stereocenters. The van der Waals surface area contributed by atoms with Gasteiger partial charge in [-0.1, -0.05) is 26.5 Å². The Hall–Kier alpha value is -0.760. The fourth-order valence-electron chi connectivity index (χ4n) is 1.58. The van der Waals surface area contributed by atoms with Gasteiger partial charge in [-0.15, -0.1) is 0 Å².